The summed E-state index contributed by atoms with van der Waals surface area (Å²) in [4.78, 5) is 14.2. The highest BCUT2D eigenvalue weighted by Crippen LogP contribution is 2.27. The minimum atomic E-state index is -3.73. The molecule has 0 spiro atoms. The number of halogens is 2. The second kappa shape index (κ2) is 7.67. The van der Waals surface area contributed by atoms with E-state index in [0.29, 0.717) is 0 Å². The Kier molecular flexibility index (Phi) is 5.67. The quantitative estimate of drug-likeness (QED) is 0.813. The summed E-state index contributed by atoms with van der Waals surface area (Å²) in [5.74, 6) is -0.398. The number of hydrogen-bond donors (Lipinski definition) is 1. The molecule has 0 atom stereocenters. The lowest BCUT2D eigenvalue weighted by Gasteiger charge is -2.34. The maximum atomic E-state index is 12.8. The van der Waals surface area contributed by atoms with Gasteiger partial charge >= 0.3 is 0 Å². The predicted octanol–water partition coefficient (Wildman–Crippen LogP) is 3.15. The Morgan fingerprint density at radius 2 is 1.67 bits per heavy atom. The van der Waals surface area contributed by atoms with E-state index in [1.165, 1.54) is 33.5 Å². The number of nitrogens with zero attached hydrogens (tertiary/aromatic N) is 2. The van der Waals surface area contributed by atoms with Gasteiger partial charge in [0.1, 0.15) is 5.75 Å². The first-order valence-electron chi connectivity index (χ1n) is 8.24. The number of aromatic hydroxyl groups is 1. The van der Waals surface area contributed by atoms with Gasteiger partial charge in [-0.2, -0.15) is 4.31 Å². The van der Waals surface area contributed by atoms with Crippen LogP contribution in [0.4, 0.5) is 0 Å². The molecule has 27 heavy (non-hydrogen) atoms. The highest BCUT2D eigenvalue weighted by molar-refractivity contribution is 7.89. The number of rotatable bonds is 3. The summed E-state index contributed by atoms with van der Waals surface area (Å²) in [7, 11) is -3.73. The number of phenolic OH excluding ortho intramolecular Hbond substituents is 1. The van der Waals surface area contributed by atoms with Crippen molar-refractivity contribution in [3.05, 3.63) is 57.6 Å². The van der Waals surface area contributed by atoms with Crippen LogP contribution in [0.5, 0.6) is 5.75 Å². The Balaban J connectivity index is 1.72. The Labute approximate surface area is 168 Å². The van der Waals surface area contributed by atoms with Gasteiger partial charge in [0.15, 0.2) is 0 Å². The summed E-state index contributed by atoms with van der Waals surface area (Å²) in [6.45, 7) is 2.59. The monoisotopic (exact) mass is 428 g/mol. The molecule has 0 radical (unpaired) electrons. The lowest BCUT2D eigenvalue weighted by Crippen LogP contribution is -2.50. The van der Waals surface area contributed by atoms with E-state index >= 15 is 0 Å². The van der Waals surface area contributed by atoms with E-state index in [1.54, 1.807) is 12.1 Å². The number of benzene rings is 2. The number of phenols is 1. The Bertz CT molecular complexity index is 987. The first kappa shape index (κ1) is 19.9. The van der Waals surface area contributed by atoms with E-state index in [4.69, 9.17) is 23.2 Å². The standard InChI is InChI=1S/C18H18Cl2N2O4S/c1-12-2-4-14(17(23)10-12)18(24)21-6-8-22(9-7-21)27(25,26)13-3-5-15(19)16(20)11-13/h2-5,10-11,23H,6-9H2,1H3. The maximum absolute atomic E-state index is 12.8. The lowest BCUT2D eigenvalue weighted by molar-refractivity contribution is 0.0695. The summed E-state index contributed by atoms with van der Waals surface area (Å²) in [6.07, 6.45) is 0. The van der Waals surface area contributed by atoms with Gasteiger partial charge in [0.25, 0.3) is 5.91 Å². The SMILES string of the molecule is Cc1ccc(C(=O)N2CCN(S(=O)(=O)c3ccc(Cl)c(Cl)c3)CC2)c(O)c1. The van der Waals surface area contributed by atoms with Crippen LogP contribution in [-0.4, -0.2) is 54.8 Å². The fourth-order valence-corrected chi connectivity index (χ4v) is 4.72. The number of hydrogen-bond acceptors (Lipinski definition) is 4. The molecule has 0 unspecified atom stereocenters. The fourth-order valence-electron chi connectivity index (χ4n) is 2.91. The second-order valence-corrected chi connectivity index (χ2v) is 9.05. The van der Waals surface area contributed by atoms with Gasteiger partial charge in [0.05, 0.1) is 20.5 Å². The van der Waals surface area contributed by atoms with Crippen molar-refractivity contribution < 1.29 is 18.3 Å². The molecule has 9 heteroatoms. The van der Waals surface area contributed by atoms with E-state index in [2.05, 4.69) is 0 Å². The van der Waals surface area contributed by atoms with Gasteiger partial charge in [0, 0.05) is 26.2 Å². The molecule has 1 heterocycles. The minimum absolute atomic E-state index is 0.0628. The van der Waals surface area contributed by atoms with Crippen LogP contribution < -0.4 is 0 Å². The molecular formula is C18H18Cl2N2O4S. The molecule has 6 nitrogen and oxygen atoms in total. The molecular weight excluding hydrogens is 411 g/mol. The normalized spacial score (nSPS) is 15.7. The average molecular weight is 429 g/mol. The van der Waals surface area contributed by atoms with Crippen LogP contribution in [0, 0.1) is 6.92 Å². The number of sulfonamides is 1. The molecule has 0 saturated carbocycles. The molecule has 1 amide bonds. The highest BCUT2D eigenvalue weighted by Gasteiger charge is 2.31. The van der Waals surface area contributed by atoms with Gasteiger partial charge in [0.2, 0.25) is 10.0 Å². The number of aryl methyl sites for hydroxylation is 1. The zero-order chi connectivity index (χ0) is 19.8. The highest BCUT2D eigenvalue weighted by atomic mass is 35.5. The van der Waals surface area contributed by atoms with Crippen molar-refractivity contribution in [2.45, 2.75) is 11.8 Å². The molecule has 1 aliphatic heterocycles. The van der Waals surface area contributed by atoms with Gasteiger partial charge in [-0.05, 0) is 42.8 Å². The molecule has 3 rings (SSSR count). The molecule has 1 fully saturated rings. The van der Waals surface area contributed by atoms with Crippen molar-refractivity contribution >= 4 is 39.1 Å². The lowest BCUT2D eigenvalue weighted by atomic mass is 10.1. The van der Waals surface area contributed by atoms with Crippen molar-refractivity contribution in [3.63, 3.8) is 0 Å². The summed E-state index contributed by atoms with van der Waals surface area (Å²) >= 11 is 11.8. The van der Waals surface area contributed by atoms with Crippen LogP contribution in [0.2, 0.25) is 10.0 Å². The van der Waals surface area contributed by atoms with Crippen LogP contribution in [0.15, 0.2) is 41.3 Å². The summed E-state index contributed by atoms with van der Waals surface area (Å²) < 4.78 is 26.9. The molecule has 144 valence electrons. The summed E-state index contributed by atoms with van der Waals surface area (Å²) in [6, 6.07) is 9.02. The molecule has 0 aromatic heterocycles. The summed E-state index contributed by atoms with van der Waals surface area (Å²) in [5, 5.41) is 10.4. The molecule has 2 aromatic rings. The van der Waals surface area contributed by atoms with Gasteiger partial charge in [-0.25, -0.2) is 8.42 Å². The molecule has 1 saturated heterocycles. The third kappa shape index (κ3) is 4.06. The Morgan fingerprint density at radius 3 is 2.26 bits per heavy atom. The van der Waals surface area contributed by atoms with Gasteiger partial charge < -0.3 is 10.0 Å². The number of amides is 1. The van der Waals surface area contributed by atoms with E-state index in [1.807, 2.05) is 6.92 Å². The predicted molar refractivity (Wildman–Crippen MR) is 104 cm³/mol. The fraction of sp³-hybridized carbons (Fsp3) is 0.278. The van der Waals surface area contributed by atoms with Crippen molar-refractivity contribution in [2.75, 3.05) is 26.2 Å². The van der Waals surface area contributed by atoms with Crippen molar-refractivity contribution in [3.8, 4) is 5.75 Å². The van der Waals surface area contributed by atoms with Crippen molar-refractivity contribution in [1.29, 1.82) is 0 Å². The van der Waals surface area contributed by atoms with Crippen LogP contribution in [0.3, 0.4) is 0 Å². The van der Waals surface area contributed by atoms with Crippen LogP contribution in [0.25, 0.3) is 0 Å². The Hall–Kier alpha value is -1.80. The van der Waals surface area contributed by atoms with Crippen LogP contribution >= 0.6 is 23.2 Å². The first-order valence-corrected chi connectivity index (χ1v) is 10.4. The smallest absolute Gasteiger partial charge is 0.257 e. The van der Waals surface area contributed by atoms with Crippen LogP contribution in [0.1, 0.15) is 15.9 Å². The molecule has 1 N–H and O–H groups in total. The van der Waals surface area contributed by atoms with E-state index in [0.717, 1.165) is 5.56 Å². The maximum Gasteiger partial charge on any atom is 0.257 e. The topological polar surface area (TPSA) is 77.9 Å². The second-order valence-electron chi connectivity index (χ2n) is 6.29. The van der Waals surface area contributed by atoms with Crippen molar-refractivity contribution in [2.24, 2.45) is 0 Å². The first-order chi connectivity index (χ1) is 12.7. The van der Waals surface area contributed by atoms with E-state index in [9.17, 15) is 18.3 Å². The minimum Gasteiger partial charge on any atom is -0.507 e. The van der Waals surface area contributed by atoms with Gasteiger partial charge in [-0.15, -0.1) is 0 Å². The number of carbonyl (C=O) groups excluding carboxylic acids is 1. The van der Waals surface area contributed by atoms with Crippen molar-refractivity contribution in [1.82, 2.24) is 9.21 Å². The zero-order valence-corrected chi connectivity index (χ0v) is 16.9. The number of carbonyl (C=O) groups is 1. The molecule has 1 aliphatic rings. The van der Waals surface area contributed by atoms with Gasteiger partial charge in [-0.3, -0.25) is 4.79 Å². The van der Waals surface area contributed by atoms with E-state index in [-0.39, 0.29) is 58.3 Å². The third-order valence-electron chi connectivity index (χ3n) is 4.44. The number of piperazine rings is 1. The van der Waals surface area contributed by atoms with E-state index < -0.39 is 10.0 Å². The molecule has 2 aromatic carbocycles. The zero-order valence-electron chi connectivity index (χ0n) is 14.5. The third-order valence-corrected chi connectivity index (χ3v) is 7.07. The van der Waals surface area contributed by atoms with Gasteiger partial charge in [-0.1, -0.05) is 29.3 Å². The molecule has 0 bridgehead atoms. The largest absolute Gasteiger partial charge is 0.507 e. The Morgan fingerprint density at radius 1 is 1.00 bits per heavy atom. The molecule has 0 aliphatic carbocycles. The van der Waals surface area contributed by atoms with Crippen LogP contribution in [-0.2, 0) is 10.0 Å². The average Bonchev–Trinajstić information content (AvgIpc) is 2.63. The summed E-state index contributed by atoms with van der Waals surface area (Å²) in [5.41, 5.74) is 1.06.